The SMILES string of the molecule is CC1CCC(N(C(=O)CCNC(=O)c2ccc(F)cc2F)C2CC2)CC1. The van der Waals surface area contributed by atoms with Crippen LogP contribution >= 0.6 is 0 Å². The Morgan fingerprint density at radius 2 is 1.69 bits per heavy atom. The van der Waals surface area contributed by atoms with Crippen molar-refractivity contribution in [2.45, 2.75) is 64.0 Å². The van der Waals surface area contributed by atoms with E-state index in [1.807, 2.05) is 4.90 Å². The quantitative estimate of drug-likeness (QED) is 0.838. The first kappa shape index (κ1) is 18.8. The van der Waals surface area contributed by atoms with Crippen molar-refractivity contribution in [2.24, 2.45) is 5.92 Å². The third-order valence-corrected chi connectivity index (χ3v) is 5.41. The second-order valence-corrected chi connectivity index (χ2v) is 7.58. The van der Waals surface area contributed by atoms with Gasteiger partial charge >= 0.3 is 0 Å². The molecule has 2 aliphatic carbocycles. The molecule has 0 spiro atoms. The van der Waals surface area contributed by atoms with Gasteiger partial charge < -0.3 is 10.2 Å². The molecule has 0 bridgehead atoms. The Kier molecular flexibility index (Phi) is 5.89. The summed E-state index contributed by atoms with van der Waals surface area (Å²) < 4.78 is 26.5. The highest BCUT2D eigenvalue weighted by Gasteiger charge is 2.38. The van der Waals surface area contributed by atoms with Crippen molar-refractivity contribution < 1.29 is 18.4 Å². The summed E-state index contributed by atoms with van der Waals surface area (Å²) >= 11 is 0. The Morgan fingerprint density at radius 1 is 1.08 bits per heavy atom. The Morgan fingerprint density at radius 3 is 2.27 bits per heavy atom. The molecule has 2 amide bonds. The van der Waals surface area contributed by atoms with Crippen LogP contribution in [0.15, 0.2) is 18.2 Å². The van der Waals surface area contributed by atoms with Crippen molar-refractivity contribution in [3.05, 3.63) is 35.4 Å². The van der Waals surface area contributed by atoms with Crippen LogP contribution < -0.4 is 5.32 Å². The van der Waals surface area contributed by atoms with Crippen molar-refractivity contribution in [1.82, 2.24) is 10.2 Å². The highest BCUT2D eigenvalue weighted by molar-refractivity contribution is 5.94. The fourth-order valence-corrected chi connectivity index (χ4v) is 3.76. The van der Waals surface area contributed by atoms with Gasteiger partial charge in [0.15, 0.2) is 0 Å². The van der Waals surface area contributed by atoms with E-state index in [9.17, 15) is 18.4 Å². The van der Waals surface area contributed by atoms with Gasteiger partial charge in [-0.05, 0) is 56.6 Å². The van der Waals surface area contributed by atoms with E-state index in [1.54, 1.807) is 0 Å². The van der Waals surface area contributed by atoms with Crippen molar-refractivity contribution in [2.75, 3.05) is 6.54 Å². The Bertz CT molecular complexity index is 668. The number of nitrogens with one attached hydrogen (secondary N) is 1. The number of halogens is 2. The van der Waals surface area contributed by atoms with Crippen molar-refractivity contribution in [3.8, 4) is 0 Å². The number of benzene rings is 1. The van der Waals surface area contributed by atoms with Crippen molar-refractivity contribution in [1.29, 1.82) is 0 Å². The molecule has 142 valence electrons. The third kappa shape index (κ3) is 4.59. The number of carbonyl (C=O) groups is 2. The molecule has 4 nitrogen and oxygen atoms in total. The predicted octanol–water partition coefficient (Wildman–Crippen LogP) is 3.65. The molecule has 1 aromatic rings. The fourth-order valence-electron chi connectivity index (χ4n) is 3.76. The average molecular weight is 364 g/mol. The molecular formula is C20H26F2N2O2. The second-order valence-electron chi connectivity index (χ2n) is 7.58. The lowest BCUT2D eigenvalue weighted by Crippen LogP contribution is -2.44. The van der Waals surface area contributed by atoms with Gasteiger partial charge in [-0.2, -0.15) is 0 Å². The molecule has 1 aromatic carbocycles. The number of nitrogens with zero attached hydrogens (tertiary/aromatic N) is 1. The van der Waals surface area contributed by atoms with Crippen LogP contribution in [0, 0.1) is 17.6 Å². The van der Waals surface area contributed by atoms with Crippen LogP contribution in [-0.2, 0) is 4.79 Å². The van der Waals surface area contributed by atoms with Gasteiger partial charge in [0.2, 0.25) is 5.91 Å². The van der Waals surface area contributed by atoms with E-state index in [-0.39, 0.29) is 24.4 Å². The van der Waals surface area contributed by atoms with Gasteiger partial charge in [0.1, 0.15) is 11.6 Å². The van der Waals surface area contributed by atoms with Gasteiger partial charge in [0, 0.05) is 31.1 Å². The summed E-state index contributed by atoms with van der Waals surface area (Å²) in [7, 11) is 0. The van der Waals surface area contributed by atoms with Crippen LogP contribution in [0.1, 0.15) is 62.2 Å². The molecule has 0 unspecified atom stereocenters. The normalized spacial score (nSPS) is 22.7. The maximum absolute atomic E-state index is 13.6. The summed E-state index contributed by atoms with van der Waals surface area (Å²) in [4.78, 5) is 26.7. The molecule has 2 saturated carbocycles. The number of hydrogen-bond acceptors (Lipinski definition) is 2. The Balaban J connectivity index is 1.51. The molecule has 26 heavy (non-hydrogen) atoms. The highest BCUT2D eigenvalue weighted by Crippen LogP contribution is 2.35. The van der Waals surface area contributed by atoms with Crippen LogP contribution in [0.2, 0.25) is 0 Å². The van der Waals surface area contributed by atoms with Gasteiger partial charge in [-0.3, -0.25) is 9.59 Å². The molecule has 2 fully saturated rings. The van der Waals surface area contributed by atoms with Crippen LogP contribution in [-0.4, -0.2) is 35.3 Å². The van der Waals surface area contributed by atoms with Crippen LogP contribution in [0.3, 0.4) is 0 Å². The smallest absolute Gasteiger partial charge is 0.254 e. The summed E-state index contributed by atoms with van der Waals surface area (Å²) in [6.07, 6.45) is 6.74. The first-order chi connectivity index (χ1) is 12.5. The van der Waals surface area contributed by atoms with Crippen LogP contribution in [0.5, 0.6) is 0 Å². The minimum absolute atomic E-state index is 0.0620. The van der Waals surface area contributed by atoms with E-state index < -0.39 is 17.5 Å². The van der Waals surface area contributed by atoms with E-state index >= 15 is 0 Å². The van der Waals surface area contributed by atoms with Crippen LogP contribution in [0.25, 0.3) is 0 Å². The van der Waals surface area contributed by atoms with Gasteiger partial charge in [0.05, 0.1) is 5.56 Å². The first-order valence-corrected chi connectivity index (χ1v) is 9.50. The van der Waals surface area contributed by atoms with E-state index in [4.69, 9.17) is 0 Å². The molecule has 0 aliphatic heterocycles. The molecule has 0 atom stereocenters. The van der Waals surface area contributed by atoms with E-state index in [0.717, 1.165) is 56.6 Å². The first-order valence-electron chi connectivity index (χ1n) is 9.50. The minimum atomic E-state index is -0.898. The fraction of sp³-hybridized carbons (Fsp3) is 0.600. The maximum atomic E-state index is 13.6. The number of amides is 2. The summed E-state index contributed by atoms with van der Waals surface area (Å²) in [5.74, 6) is -1.46. The minimum Gasteiger partial charge on any atom is -0.351 e. The van der Waals surface area contributed by atoms with Gasteiger partial charge in [-0.25, -0.2) is 8.78 Å². The van der Waals surface area contributed by atoms with E-state index in [1.165, 1.54) is 0 Å². The van der Waals surface area contributed by atoms with Crippen molar-refractivity contribution in [3.63, 3.8) is 0 Å². The van der Waals surface area contributed by atoms with Gasteiger partial charge in [-0.1, -0.05) is 6.92 Å². The average Bonchev–Trinajstić information content (AvgIpc) is 3.41. The Hall–Kier alpha value is -1.98. The lowest BCUT2D eigenvalue weighted by molar-refractivity contribution is -0.135. The molecule has 1 N–H and O–H groups in total. The monoisotopic (exact) mass is 364 g/mol. The topological polar surface area (TPSA) is 49.4 Å². The van der Waals surface area contributed by atoms with Gasteiger partial charge in [-0.15, -0.1) is 0 Å². The van der Waals surface area contributed by atoms with Crippen molar-refractivity contribution >= 4 is 11.8 Å². The second kappa shape index (κ2) is 8.14. The lowest BCUT2D eigenvalue weighted by Gasteiger charge is -2.36. The zero-order valence-electron chi connectivity index (χ0n) is 15.1. The predicted molar refractivity (Wildman–Crippen MR) is 94.6 cm³/mol. The molecular weight excluding hydrogens is 338 g/mol. The summed E-state index contributed by atoms with van der Waals surface area (Å²) in [5, 5.41) is 2.57. The number of carbonyl (C=O) groups excluding carboxylic acids is 2. The number of rotatable bonds is 6. The van der Waals surface area contributed by atoms with Gasteiger partial charge in [0.25, 0.3) is 5.91 Å². The zero-order valence-corrected chi connectivity index (χ0v) is 15.1. The summed E-state index contributed by atoms with van der Waals surface area (Å²) in [6.45, 7) is 2.41. The molecule has 0 saturated heterocycles. The summed E-state index contributed by atoms with van der Waals surface area (Å²) in [5.41, 5.74) is -0.209. The maximum Gasteiger partial charge on any atom is 0.254 e. The molecule has 2 aliphatic rings. The molecule has 0 heterocycles. The van der Waals surface area contributed by atoms with Crippen LogP contribution in [0.4, 0.5) is 8.78 Å². The summed E-state index contributed by atoms with van der Waals surface area (Å²) in [6, 6.07) is 3.50. The number of hydrogen-bond donors (Lipinski definition) is 1. The third-order valence-electron chi connectivity index (χ3n) is 5.41. The molecule has 6 heteroatoms. The highest BCUT2D eigenvalue weighted by atomic mass is 19.1. The lowest BCUT2D eigenvalue weighted by atomic mass is 9.86. The molecule has 0 aromatic heterocycles. The largest absolute Gasteiger partial charge is 0.351 e. The van der Waals surface area contributed by atoms with E-state index in [2.05, 4.69) is 12.2 Å². The Labute approximate surface area is 152 Å². The molecule has 0 radical (unpaired) electrons. The standard InChI is InChI=1S/C20H26F2N2O2/c1-13-2-5-15(6-3-13)24(16-7-8-16)19(25)10-11-23-20(26)17-9-4-14(21)12-18(17)22/h4,9,12-13,15-16H,2-3,5-8,10-11H2,1H3,(H,23,26). The zero-order chi connectivity index (χ0) is 18.7. The van der Waals surface area contributed by atoms with E-state index in [0.29, 0.717) is 18.2 Å². The molecule has 3 rings (SSSR count).